The zero-order valence-electron chi connectivity index (χ0n) is 37.6. The average molecular weight is 867 g/mol. The molecule has 0 saturated heterocycles. The molecule has 6 atom stereocenters. The van der Waals surface area contributed by atoms with Gasteiger partial charge in [-0.1, -0.05) is 206 Å². The molecule has 1 aliphatic rings. The summed E-state index contributed by atoms with van der Waals surface area (Å²) in [4.78, 5) is 23.1. The van der Waals surface area contributed by atoms with Crippen LogP contribution in [0, 0.1) is 0 Å². The Morgan fingerprint density at radius 3 is 1.17 bits per heavy atom. The van der Waals surface area contributed by atoms with Gasteiger partial charge in [0.05, 0.1) is 13.2 Å². The van der Waals surface area contributed by atoms with E-state index >= 15 is 0 Å². The number of phosphoric ester groups is 1. The minimum atomic E-state index is -5.01. The van der Waals surface area contributed by atoms with Gasteiger partial charge in [-0.3, -0.25) is 13.8 Å². The Morgan fingerprint density at radius 2 is 0.797 bits per heavy atom. The second kappa shape index (κ2) is 37.9. The molecule has 0 aliphatic heterocycles. The Kier molecular flexibility index (Phi) is 36.2. The average Bonchev–Trinajstić information content (AvgIpc) is 3.22. The second-order valence-corrected chi connectivity index (χ2v) is 18.7. The monoisotopic (exact) mass is 867 g/mol. The summed E-state index contributed by atoms with van der Waals surface area (Å²) in [7, 11) is -5.01. The number of esters is 1. The number of rotatable bonds is 42. The van der Waals surface area contributed by atoms with Crippen LogP contribution in [0.25, 0.3) is 0 Å². The first-order valence-corrected chi connectivity index (χ1v) is 25.9. The van der Waals surface area contributed by atoms with Crippen molar-refractivity contribution in [3.63, 3.8) is 0 Å². The van der Waals surface area contributed by atoms with Gasteiger partial charge >= 0.3 is 13.8 Å². The first-order chi connectivity index (χ1) is 28.5. The molecule has 0 aromatic carbocycles. The van der Waals surface area contributed by atoms with Crippen molar-refractivity contribution in [2.24, 2.45) is 0 Å². The van der Waals surface area contributed by atoms with E-state index in [9.17, 15) is 39.8 Å². The number of hydrogen-bond acceptors (Lipinski definition) is 11. The molecular formula is C46H91O12P. The highest BCUT2D eigenvalue weighted by atomic mass is 31.2. The minimum Gasteiger partial charge on any atom is -0.457 e. The van der Waals surface area contributed by atoms with Gasteiger partial charge in [0.15, 0.2) is 0 Å². The molecule has 1 saturated carbocycles. The predicted molar refractivity (Wildman–Crippen MR) is 235 cm³/mol. The molecule has 0 heterocycles. The molecule has 0 bridgehead atoms. The summed E-state index contributed by atoms with van der Waals surface area (Å²) < 4.78 is 34.1. The number of phosphoric acid groups is 1. The maximum Gasteiger partial charge on any atom is 0.472 e. The third-order valence-corrected chi connectivity index (χ3v) is 12.7. The first-order valence-electron chi connectivity index (χ1n) is 24.4. The Balaban J connectivity index is 2.25. The van der Waals surface area contributed by atoms with E-state index in [1.807, 2.05) is 0 Å². The molecule has 0 aromatic heterocycles. The van der Waals surface area contributed by atoms with Crippen LogP contribution < -0.4 is 0 Å². The van der Waals surface area contributed by atoms with Crippen molar-refractivity contribution in [1.29, 1.82) is 0 Å². The second-order valence-electron chi connectivity index (χ2n) is 17.3. The minimum absolute atomic E-state index is 0.0683. The fourth-order valence-corrected chi connectivity index (χ4v) is 8.80. The van der Waals surface area contributed by atoms with Gasteiger partial charge < -0.3 is 39.9 Å². The lowest BCUT2D eigenvalue weighted by Crippen LogP contribution is -2.64. The van der Waals surface area contributed by atoms with Gasteiger partial charge in [-0.15, -0.1) is 0 Å². The van der Waals surface area contributed by atoms with E-state index in [1.165, 1.54) is 161 Å². The Bertz CT molecular complexity index is 989. The number of carbonyl (C=O) groups excluding carboxylic acids is 1. The smallest absolute Gasteiger partial charge is 0.457 e. The van der Waals surface area contributed by atoms with Gasteiger partial charge in [-0.2, -0.15) is 0 Å². The van der Waals surface area contributed by atoms with Crippen molar-refractivity contribution in [1.82, 2.24) is 0 Å². The van der Waals surface area contributed by atoms with Crippen molar-refractivity contribution in [2.75, 3.05) is 19.8 Å². The van der Waals surface area contributed by atoms with Crippen molar-refractivity contribution >= 4 is 13.8 Å². The van der Waals surface area contributed by atoms with Crippen molar-refractivity contribution < 1.29 is 58.3 Å². The first kappa shape index (κ1) is 56.4. The highest BCUT2D eigenvalue weighted by molar-refractivity contribution is 7.47. The van der Waals surface area contributed by atoms with E-state index in [1.54, 1.807) is 0 Å². The third kappa shape index (κ3) is 30.1. The third-order valence-electron chi connectivity index (χ3n) is 11.7. The highest BCUT2D eigenvalue weighted by Gasteiger charge is 2.51. The number of ether oxygens (including phenoxy) is 2. The van der Waals surface area contributed by atoms with E-state index < -0.39 is 63.1 Å². The molecule has 1 fully saturated rings. The van der Waals surface area contributed by atoms with Crippen molar-refractivity contribution in [3.05, 3.63) is 0 Å². The molecule has 0 radical (unpaired) electrons. The topological polar surface area (TPSA) is 192 Å². The molecule has 59 heavy (non-hydrogen) atoms. The zero-order chi connectivity index (χ0) is 43.4. The largest absolute Gasteiger partial charge is 0.472 e. The molecule has 352 valence electrons. The Labute approximate surface area is 359 Å². The van der Waals surface area contributed by atoms with Gasteiger partial charge in [0.2, 0.25) is 0 Å². The molecule has 1 rings (SSSR count). The lowest BCUT2D eigenvalue weighted by Gasteiger charge is -2.41. The van der Waals surface area contributed by atoms with Gasteiger partial charge in [-0.25, -0.2) is 4.57 Å². The van der Waals surface area contributed by atoms with Gasteiger partial charge in [0.25, 0.3) is 0 Å². The molecule has 6 N–H and O–H groups in total. The van der Waals surface area contributed by atoms with Crippen molar-refractivity contribution in [2.45, 2.75) is 268 Å². The number of carbonyl (C=O) groups is 1. The number of aliphatic hydroxyl groups is 5. The van der Waals surface area contributed by atoms with Crippen LogP contribution in [0.15, 0.2) is 0 Å². The standard InChI is InChI=1S/C46H91O12P/c1-3-5-7-9-11-13-14-15-16-17-18-19-20-21-22-23-24-25-26-28-30-32-34-36-55-37-39(57-40(47)35-33-31-29-27-12-10-8-6-4-2)38-56-59(53,54)58-46-44(51)42(49)41(48)43(50)45(46)52/h39,41-46,48-52H,3-38H2,1-2H3,(H,53,54). The van der Waals surface area contributed by atoms with Crippen LogP contribution in [0.1, 0.15) is 226 Å². The predicted octanol–water partition coefficient (Wildman–Crippen LogP) is 10.1. The molecule has 0 amide bonds. The Hall–Kier alpha value is -0.660. The molecule has 0 spiro atoms. The fourth-order valence-electron chi connectivity index (χ4n) is 7.83. The molecule has 1 aliphatic carbocycles. The zero-order valence-corrected chi connectivity index (χ0v) is 38.5. The van der Waals surface area contributed by atoms with Gasteiger partial charge in [-0.05, 0) is 12.8 Å². The summed E-state index contributed by atoms with van der Waals surface area (Å²) in [5.41, 5.74) is 0. The van der Waals surface area contributed by atoms with Crippen molar-refractivity contribution in [3.8, 4) is 0 Å². The van der Waals surface area contributed by atoms with Crippen LogP contribution in [0.3, 0.4) is 0 Å². The number of unbranched alkanes of at least 4 members (excludes halogenated alkanes) is 30. The maximum atomic E-state index is 12.8. The molecule has 0 aromatic rings. The molecular weight excluding hydrogens is 775 g/mol. The van der Waals surface area contributed by atoms with Crippen LogP contribution in [0.4, 0.5) is 0 Å². The Morgan fingerprint density at radius 1 is 0.475 bits per heavy atom. The van der Waals surface area contributed by atoms with E-state index in [0.717, 1.165) is 38.5 Å². The lowest BCUT2D eigenvalue weighted by atomic mass is 9.85. The van der Waals surface area contributed by atoms with Gasteiger partial charge in [0.1, 0.15) is 42.7 Å². The summed E-state index contributed by atoms with van der Waals surface area (Å²) >= 11 is 0. The van der Waals surface area contributed by atoms with E-state index in [4.69, 9.17) is 18.5 Å². The molecule has 13 heteroatoms. The van der Waals surface area contributed by atoms with Crippen LogP contribution in [-0.4, -0.2) is 98.9 Å². The molecule has 6 unspecified atom stereocenters. The fraction of sp³-hybridized carbons (Fsp3) is 0.978. The summed E-state index contributed by atoms with van der Waals surface area (Å²) in [6, 6.07) is 0. The summed E-state index contributed by atoms with van der Waals surface area (Å²) in [6.45, 7) is 4.27. The van der Waals surface area contributed by atoms with E-state index in [0.29, 0.717) is 13.0 Å². The van der Waals surface area contributed by atoms with E-state index in [2.05, 4.69) is 13.8 Å². The van der Waals surface area contributed by atoms with Crippen LogP contribution in [-0.2, 0) is 27.9 Å². The summed E-state index contributed by atoms with van der Waals surface area (Å²) in [5.74, 6) is -0.475. The molecule has 12 nitrogen and oxygen atoms in total. The lowest BCUT2D eigenvalue weighted by molar-refractivity contribution is -0.220. The van der Waals surface area contributed by atoms with Crippen LogP contribution in [0.2, 0.25) is 0 Å². The maximum absolute atomic E-state index is 12.8. The highest BCUT2D eigenvalue weighted by Crippen LogP contribution is 2.47. The van der Waals surface area contributed by atoms with Crippen LogP contribution >= 0.6 is 7.82 Å². The van der Waals surface area contributed by atoms with E-state index in [-0.39, 0.29) is 13.0 Å². The summed E-state index contributed by atoms with van der Waals surface area (Å²) in [6.07, 6.45) is 27.7. The number of hydrogen-bond donors (Lipinski definition) is 6. The van der Waals surface area contributed by atoms with Crippen LogP contribution in [0.5, 0.6) is 0 Å². The summed E-state index contributed by atoms with van der Waals surface area (Å²) in [5, 5.41) is 50.1. The van der Waals surface area contributed by atoms with Gasteiger partial charge in [0, 0.05) is 13.0 Å². The SMILES string of the molecule is CCCCCCCCCCCCCCCCCCCCCCCCCOCC(COP(=O)(O)OC1C(O)C(O)C(O)C(O)C1O)OC(=O)CCCCCCCCCCC. The quantitative estimate of drug-likeness (QED) is 0.0194. The number of aliphatic hydroxyl groups excluding tert-OH is 5. The normalized spacial score (nSPS) is 22.4.